The van der Waals surface area contributed by atoms with Gasteiger partial charge >= 0.3 is 0 Å². The predicted molar refractivity (Wildman–Crippen MR) is 93.4 cm³/mol. The Bertz CT molecular complexity index is 931. The number of amides is 1. The number of benzene rings is 2. The SMILES string of the molecule is C[C@H](Oc1ccccc1F)C(=O)NNS(=O)(=O)c1ccc2c(c1)CCC2. The predicted octanol–water partition coefficient (Wildman–Crippen LogP) is 2.09. The van der Waals surface area contributed by atoms with Gasteiger partial charge in [-0.2, -0.15) is 0 Å². The summed E-state index contributed by atoms with van der Waals surface area (Å²) in [5.74, 6) is -1.43. The fourth-order valence-corrected chi connectivity index (χ4v) is 3.68. The molecule has 0 radical (unpaired) electrons. The first-order valence-corrected chi connectivity index (χ1v) is 9.70. The number of hydrogen-bond acceptors (Lipinski definition) is 4. The van der Waals surface area contributed by atoms with Gasteiger partial charge in [0.15, 0.2) is 17.7 Å². The minimum absolute atomic E-state index is 0.0844. The van der Waals surface area contributed by atoms with E-state index in [1.807, 2.05) is 4.83 Å². The van der Waals surface area contributed by atoms with Gasteiger partial charge in [-0.25, -0.2) is 12.8 Å². The van der Waals surface area contributed by atoms with E-state index in [4.69, 9.17) is 4.74 Å². The summed E-state index contributed by atoms with van der Waals surface area (Å²) in [5.41, 5.74) is 4.27. The van der Waals surface area contributed by atoms with Gasteiger partial charge in [-0.1, -0.05) is 18.2 Å². The van der Waals surface area contributed by atoms with Crippen LogP contribution in [0, 0.1) is 5.82 Å². The zero-order valence-corrected chi connectivity index (χ0v) is 15.0. The lowest BCUT2D eigenvalue weighted by Gasteiger charge is -2.16. The number of para-hydroxylation sites is 1. The Morgan fingerprint density at radius 3 is 2.65 bits per heavy atom. The molecule has 0 fully saturated rings. The van der Waals surface area contributed by atoms with E-state index >= 15 is 0 Å². The van der Waals surface area contributed by atoms with Gasteiger partial charge in [0.05, 0.1) is 4.90 Å². The average molecular weight is 378 g/mol. The van der Waals surface area contributed by atoms with E-state index in [1.54, 1.807) is 18.2 Å². The maximum atomic E-state index is 13.6. The molecule has 26 heavy (non-hydrogen) atoms. The van der Waals surface area contributed by atoms with Gasteiger partial charge in [-0.05, 0) is 61.6 Å². The zero-order valence-electron chi connectivity index (χ0n) is 14.2. The lowest BCUT2D eigenvalue weighted by molar-refractivity contribution is -0.127. The first-order valence-electron chi connectivity index (χ1n) is 8.21. The van der Waals surface area contributed by atoms with Crippen LogP contribution < -0.4 is 15.0 Å². The van der Waals surface area contributed by atoms with Crippen molar-refractivity contribution in [1.82, 2.24) is 10.3 Å². The second-order valence-electron chi connectivity index (χ2n) is 6.07. The number of halogens is 1. The van der Waals surface area contributed by atoms with Crippen LogP contribution >= 0.6 is 0 Å². The number of hydrazine groups is 1. The standard InChI is InChI=1S/C18H19FN2O4S/c1-12(25-17-8-3-2-7-16(17)19)18(22)20-21-26(23,24)15-10-9-13-5-4-6-14(13)11-15/h2-3,7-12,21H,4-6H2,1H3,(H,20,22)/t12-/m0/s1. The lowest BCUT2D eigenvalue weighted by Crippen LogP contribution is -2.47. The Morgan fingerprint density at radius 1 is 1.15 bits per heavy atom. The second-order valence-corrected chi connectivity index (χ2v) is 7.75. The molecule has 0 heterocycles. The molecule has 1 amide bonds. The smallest absolute Gasteiger partial charge is 0.275 e. The van der Waals surface area contributed by atoms with E-state index in [2.05, 4.69) is 5.43 Å². The Morgan fingerprint density at radius 2 is 1.88 bits per heavy atom. The molecule has 2 N–H and O–H groups in total. The van der Waals surface area contributed by atoms with Crippen LogP contribution in [0.25, 0.3) is 0 Å². The minimum atomic E-state index is -3.90. The van der Waals surface area contributed by atoms with Crippen molar-refractivity contribution in [3.63, 3.8) is 0 Å². The molecule has 8 heteroatoms. The molecule has 2 aromatic carbocycles. The van der Waals surface area contributed by atoms with Crippen LogP contribution in [0.2, 0.25) is 0 Å². The van der Waals surface area contributed by atoms with Gasteiger partial charge in [0, 0.05) is 0 Å². The highest BCUT2D eigenvalue weighted by atomic mass is 32.2. The van der Waals surface area contributed by atoms with E-state index in [0.29, 0.717) is 0 Å². The topological polar surface area (TPSA) is 84.5 Å². The van der Waals surface area contributed by atoms with Crippen molar-refractivity contribution in [2.24, 2.45) is 0 Å². The first-order chi connectivity index (χ1) is 12.4. The Hall–Kier alpha value is -2.45. The van der Waals surface area contributed by atoms with E-state index in [1.165, 1.54) is 31.2 Å². The summed E-state index contributed by atoms with van der Waals surface area (Å²) in [6, 6.07) is 10.6. The molecule has 0 bridgehead atoms. The second kappa shape index (κ2) is 7.43. The van der Waals surface area contributed by atoms with Crippen LogP contribution in [0.3, 0.4) is 0 Å². The van der Waals surface area contributed by atoms with E-state index in [0.717, 1.165) is 30.4 Å². The maximum Gasteiger partial charge on any atom is 0.275 e. The summed E-state index contributed by atoms with van der Waals surface area (Å²) < 4.78 is 43.5. The third-order valence-electron chi connectivity index (χ3n) is 4.20. The monoisotopic (exact) mass is 378 g/mol. The number of rotatable bonds is 6. The van der Waals surface area contributed by atoms with Crippen LogP contribution in [0.15, 0.2) is 47.4 Å². The molecule has 1 atom stereocenters. The van der Waals surface area contributed by atoms with Crippen molar-refractivity contribution in [3.05, 3.63) is 59.4 Å². The average Bonchev–Trinajstić information content (AvgIpc) is 3.09. The molecule has 0 saturated carbocycles. The van der Waals surface area contributed by atoms with Gasteiger partial charge in [-0.3, -0.25) is 10.2 Å². The van der Waals surface area contributed by atoms with Crippen molar-refractivity contribution < 1.29 is 22.3 Å². The Balaban J connectivity index is 1.62. The van der Waals surface area contributed by atoms with Crippen LogP contribution in [0.1, 0.15) is 24.5 Å². The Labute approximate surface area is 151 Å². The largest absolute Gasteiger partial charge is 0.478 e. The van der Waals surface area contributed by atoms with Gasteiger partial charge < -0.3 is 4.74 Å². The van der Waals surface area contributed by atoms with Crippen molar-refractivity contribution >= 4 is 15.9 Å². The number of sulfonamides is 1. The summed E-state index contributed by atoms with van der Waals surface area (Å²) in [4.78, 5) is 14.2. The van der Waals surface area contributed by atoms with Crippen LogP contribution in [-0.4, -0.2) is 20.4 Å². The van der Waals surface area contributed by atoms with Crippen molar-refractivity contribution in [3.8, 4) is 5.75 Å². The highest BCUT2D eigenvalue weighted by Gasteiger charge is 2.21. The fourth-order valence-electron chi connectivity index (χ4n) is 2.78. The van der Waals surface area contributed by atoms with E-state index in [9.17, 15) is 17.6 Å². The highest BCUT2D eigenvalue weighted by Crippen LogP contribution is 2.24. The van der Waals surface area contributed by atoms with Crippen molar-refractivity contribution in [2.45, 2.75) is 37.2 Å². The number of aryl methyl sites for hydroxylation is 2. The van der Waals surface area contributed by atoms with Gasteiger partial charge in [0.1, 0.15) is 0 Å². The zero-order chi connectivity index (χ0) is 18.7. The summed E-state index contributed by atoms with van der Waals surface area (Å²) in [6.45, 7) is 1.39. The molecule has 0 unspecified atom stereocenters. The molecule has 0 spiro atoms. The number of nitrogens with one attached hydrogen (secondary N) is 2. The molecular weight excluding hydrogens is 359 g/mol. The summed E-state index contributed by atoms with van der Waals surface area (Å²) in [7, 11) is -3.90. The molecule has 1 aliphatic carbocycles. The minimum Gasteiger partial charge on any atom is -0.478 e. The number of carbonyl (C=O) groups is 1. The van der Waals surface area contributed by atoms with Gasteiger partial charge in [-0.15, -0.1) is 4.83 Å². The molecule has 2 aromatic rings. The van der Waals surface area contributed by atoms with Crippen LogP contribution in [-0.2, 0) is 27.7 Å². The van der Waals surface area contributed by atoms with Gasteiger partial charge in [0.25, 0.3) is 15.9 Å². The third-order valence-corrected chi connectivity index (χ3v) is 5.44. The lowest BCUT2D eigenvalue weighted by atomic mass is 10.1. The molecule has 138 valence electrons. The molecule has 0 aliphatic heterocycles. The quantitative estimate of drug-likeness (QED) is 0.754. The number of ether oxygens (including phenoxy) is 1. The van der Waals surface area contributed by atoms with E-state index in [-0.39, 0.29) is 10.6 Å². The highest BCUT2D eigenvalue weighted by molar-refractivity contribution is 7.89. The normalized spacial score (nSPS) is 14.5. The molecule has 1 aliphatic rings. The van der Waals surface area contributed by atoms with Crippen molar-refractivity contribution in [1.29, 1.82) is 0 Å². The number of fused-ring (bicyclic) bond motifs is 1. The molecular formula is C18H19FN2O4S. The van der Waals surface area contributed by atoms with Crippen LogP contribution in [0.5, 0.6) is 5.75 Å². The number of carbonyl (C=O) groups excluding carboxylic acids is 1. The summed E-state index contributed by atoms with van der Waals surface area (Å²) in [5, 5.41) is 0. The van der Waals surface area contributed by atoms with Crippen LogP contribution in [0.4, 0.5) is 4.39 Å². The third kappa shape index (κ3) is 4.03. The number of hydrogen-bond donors (Lipinski definition) is 2. The summed E-state index contributed by atoms with van der Waals surface area (Å²) in [6.07, 6.45) is 1.71. The van der Waals surface area contributed by atoms with Crippen molar-refractivity contribution in [2.75, 3.05) is 0 Å². The molecule has 3 rings (SSSR count). The van der Waals surface area contributed by atoms with Gasteiger partial charge in [0.2, 0.25) is 0 Å². The Kier molecular flexibility index (Phi) is 5.24. The molecule has 6 nitrogen and oxygen atoms in total. The summed E-state index contributed by atoms with van der Waals surface area (Å²) >= 11 is 0. The first kappa shape index (κ1) is 18.3. The molecule has 0 aromatic heterocycles. The maximum absolute atomic E-state index is 13.6. The van der Waals surface area contributed by atoms with E-state index < -0.39 is 27.9 Å². The fraction of sp³-hybridized carbons (Fsp3) is 0.278. The molecule has 0 saturated heterocycles.